The van der Waals surface area contributed by atoms with Gasteiger partial charge >= 0.3 is 5.97 Å². The van der Waals surface area contributed by atoms with E-state index in [1.54, 1.807) is 0 Å². The minimum atomic E-state index is -0.786. The largest absolute Gasteiger partial charge is 0.481 e. The van der Waals surface area contributed by atoms with E-state index in [2.05, 4.69) is 16.4 Å². The maximum absolute atomic E-state index is 12.8. The summed E-state index contributed by atoms with van der Waals surface area (Å²) in [7, 11) is 0. The second kappa shape index (κ2) is 15.0. The maximum atomic E-state index is 12.8. The van der Waals surface area contributed by atoms with Gasteiger partial charge in [0.2, 0.25) is 5.89 Å². The van der Waals surface area contributed by atoms with E-state index in [0.29, 0.717) is 24.6 Å². The molecule has 1 amide bonds. The first-order chi connectivity index (χ1) is 20.1. The van der Waals surface area contributed by atoms with Gasteiger partial charge in [-0.25, -0.2) is 4.98 Å². The summed E-state index contributed by atoms with van der Waals surface area (Å²) in [5.41, 5.74) is 2.57. The van der Waals surface area contributed by atoms with Crippen LogP contribution in [0.2, 0.25) is 0 Å². The molecule has 1 aromatic heterocycles. The molecule has 2 bridgehead atoms. The fraction of sp³-hybridized carbons (Fsp3) is 0.676. The van der Waals surface area contributed by atoms with Gasteiger partial charge in [0, 0.05) is 18.9 Å². The van der Waals surface area contributed by atoms with Gasteiger partial charge in [-0.1, -0.05) is 94.9 Å². The molecule has 2 aromatic rings. The molecule has 7 heteroatoms. The van der Waals surface area contributed by atoms with Crippen molar-refractivity contribution >= 4 is 11.9 Å². The monoisotopic (exact) mass is 564 g/mol. The average Bonchev–Trinajstić information content (AvgIpc) is 3.73. The van der Waals surface area contributed by atoms with Crippen LogP contribution in [0.25, 0.3) is 0 Å². The minimum absolute atomic E-state index is 0.000873. The Bertz CT molecular complexity index is 1120. The highest BCUT2D eigenvalue weighted by molar-refractivity contribution is 5.91. The third-order valence-corrected chi connectivity index (χ3v) is 9.70. The number of benzene rings is 1. The van der Waals surface area contributed by atoms with E-state index < -0.39 is 5.97 Å². The summed E-state index contributed by atoms with van der Waals surface area (Å²) in [5.74, 6) is 0.811. The summed E-state index contributed by atoms with van der Waals surface area (Å²) in [6.45, 7) is 0.663. The molecule has 3 aliphatic rings. The van der Waals surface area contributed by atoms with E-state index in [1.807, 2.05) is 18.2 Å². The molecule has 1 aromatic carbocycles. The smallest absolute Gasteiger partial charge is 0.303 e. The van der Waals surface area contributed by atoms with Crippen LogP contribution in [0.1, 0.15) is 130 Å². The van der Waals surface area contributed by atoms with Crippen molar-refractivity contribution in [1.29, 1.82) is 0 Å². The molecular formula is C34H48N2O5. The molecule has 224 valence electrons. The van der Waals surface area contributed by atoms with E-state index in [0.717, 1.165) is 49.1 Å². The summed E-state index contributed by atoms with van der Waals surface area (Å²) < 4.78 is 12.2. The van der Waals surface area contributed by atoms with E-state index >= 15 is 0 Å². The standard InChI is InChI=1S/C34H48N2O5/c37-31(38)20-17-25-15-9-10-16-26(25)22-27-29-18-19-30(41-29)32(27)34-36-28(23-40-34)33(39)35-21-11-4-2-1-3-6-12-24-13-7-5-8-14-24/h9-10,15-16,23-24,27,29-30,32H,1-8,11-14,17-22H2,(H,35,39)(H,37,38)/t27-,29-,30+,32-/m0/s1. The number of carboxylic acid groups (broad SMARTS) is 1. The molecule has 1 aliphatic carbocycles. The number of amides is 1. The number of fused-ring (bicyclic) bond motifs is 2. The van der Waals surface area contributed by atoms with Gasteiger partial charge < -0.3 is 19.6 Å². The van der Waals surface area contributed by atoms with E-state index in [-0.39, 0.29) is 36.4 Å². The maximum Gasteiger partial charge on any atom is 0.303 e. The molecule has 5 rings (SSSR count). The van der Waals surface area contributed by atoms with Crippen LogP contribution in [0.4, 0.5) is 0 Å². The van der Waals surface area contributed by atoms with E-state index in [4.69, 9.17) is 14.3 Å². The van der Waals surface area contributed by atoms with E-state index in [9.17, 15) is 9.59 Å². The number of aromatic nitrogens is 1. The van der Waals surface area contributed by atoms with Crippen molar-refractivity contribution in [1.82, 2.24) is 10.3 Å². The van der Waals surface area contributed by atoms with Crippen LogP contribution in [0.15, 0.2) is 34.9 Å². The number of rotatable bonds is 16. The normalized spacial score (nSPS) is 24.1. The topological polar surface area (TPSA) is 102 Å². The van der Waals surface area contributed by atoms with Gasteiger partial charge in [0.05, 0.1) is 18.1 Å². The predicted octanol–water partition coefficient (Wildman–Crippen LogP) is 7.24. The molecule has 2 saturated heterocycles. The van der Waals surface area contributed by atoms with Gasteiger partial charge in [0.15, 0.2) is 5.69 Å². The molecule has 3 heterocycles. The van der Waals surface area contributed by atoms with Crippen LogP contribution in [0.3, 0.4) is 0 Å². The van der Waals surface area contributed by atoms with Gasteiger partial charge in [-0.3, -0.25) is 9.59 Å². The molecule has 4 atom stereocenters. The Labute approximate surface area is 244 Å². The SMILES string of the molecule is O=C(O)CCc1ccccc1C[C@@H]1[C@H](c2nc(C(=O)NCCCCCCCCC3CCCCC3)co2)[C@H]2CC[C@@H]1O2. The number of aliphatic carboxylic acids is 1. The number of ether oxygens (including phenoxy) is 1. The van der Waals surface area contributed by atoms with Crippen LogP contribution in [0.5, 0.6) is 0 Å². The lowest BCUT2D eigenvalue weighted by atomic mass is 9.75. The molecule has 0 unspecified atom stereocenters. The number of hydrogen-bond donors (Lipinski definition) is 2. The molecule has 7 nitrogen and oxygen atoms in total. The van der Waals surface area contributed by atoms with Crippen molar-refractivity contribution in [3.63, 3.8) is 0 Å². The first-order valence-corrected chi connectivity index (χ1v) is 16.3. The van der Waals surface area contributed by atoms with Gasteiger partial charge in [-0.15, -0.1) is 0 Å². The predicted molar refractivity (Wildman–Crippen MR) is 158 cm³/mol. The molecule has 0 radical (unpaired) electrons. The van der Waals surface area contributed by atoms with Gasteiger partial charge in [0.25, 0.3) is 5.91 Å². The Kier molecular flexibility index (Phi) is 10.9. The zero-order valence-corrected chi connectivity index (χ0v) is 24.5. The Hall–Kier alpha value is -2.67. The molecule has 41 heavy (non-hydrogen) atoms. The van der Waals surface area contributed by atoms with Crippen LogP contribution in [-0.4, -0.2) is 40.7 Å². The van der Waals surface area contributed by atoms with Crippen molar-refractivity contribution in [2.45, 2.75) is 127 Å². The Morgan fingerprint density at radius 3 is 2.44 bits per heavy atom. The first kappa shape index (κ1) is 29.8. The first-order valence-electron chi connectivity index (χ1n) is 16.3. The lowest BCUT2D eigenvalue weighted by Gasteiger charge is -2.26. The lowest BCUT2D eigenvalue weighted by molar-refractivity contribution is -0.136. The number of hydrogen-bond acceptors (Lipinski definition) is 5. The van der Waals surface area contributed by atoms with Crippen molar-refractivity contribution in [2.75, 3.05) is 6.54 Å². The lowest BCUT2D eigenvalue weighted by Crippen LogP contribution is -2.28. The zero-order valence-electron chi connectivity index (χ0n) is 24.5. The summed E-state index contributed by atoms with van der Waals surface area (Å²) in [6.07, 6.45) is 21.1. The summed E-state index contributed by atoms with van der Waals surface area (Å²) in [6, 6.07) is 8.08. The average molecular weight is 565 g/mol. The third kappa shape index (κ3) is 8.21. The van der Waals surface area contributed by atoms with Gasteiger partial charge in [0.1, 0.15) is 6.26 Å². The highest BCUT2D eigenvalue weighted by atomic mass is 16.5. The Balaban J connectivity index is 1.05. The van der Waals surface area contributed by atoms with Crippen LogP contribution >= 0.6 is 0 Å². The molecule has 0 spiro atoms. The Morgan fingerprint density at radius 2 is 1.63 bits per heavy atom. The highest BCUT2D eigenvalue weighted by Gasteiger charge is 2.51. The summed E-state index contributed by atoms with van der Waals surface area (Å²) >= 11 is 0. The second-order valence-corrected chi connectivity index (χ2v) is 12.6. The summed E-state index contributed by atoms with van der Waals surface area (Å²) in [5, 5.41) is 12.2. The number of nitrogens with zero attached hydrogens (tertiary/aromatic N) is 1. The Morgan fingerprint density at radius 1 is 0.902 bits per heavy atom. The third-order valence-electron chi connectivity index (χ3n) is 9.70. The quantitative estimate of drug-likeness (QED) is 0.209. The molecule has 2 aliphatic heterocycles. The molecule has 1 saturated carbocycles. The molecular weight excluding hydrogens is 516 g/mol. The number of unbranched alkanes of at least 4 members (excludes halogenated alkanes) is 5. The van der Waals surface area contributed by atoms with Crippen LogP contribution in [-0.2, 0) is 22.4 Å². The second-order valence-electron chi connectivity index (χ2n) is 12.6. The number of nitrogens with one attached hydrogen (secondary N) is 1. The number of oxazole rings is 1. The molecule has 2 N–H and O–H groups in total. The van der Waals surface area contributed by atoms with Crippen LogP contribution in [0, 0.1) is 11.8 Å². The molecule has 3 fully saturated rings. The summed E-state index contributed by atoms with van der Waals surface area (Å²) in [4.78, 5) is 28.6. The fourth-order valence-electron chi connectivity index (χ4n) is 7.45. The van der Waals surface area contributed by atoms with Crippen molar-refractivity contribution in [2.24, 2.45) is 11.8 Å². The van der Waals surface area contributed by atoms with Gasteiger partial charge in [-0.2, -0.15) is 0 Å². The van der Waals surface area contributed by atoms with Gasteiger partial charge in [-0.05, 0) is 49.1 Å². The van der Waals surface area contributed by atoms with Crippen molar-refractivity contribution in [3.8, 4) is 0 Å². The van der Waals surface area contributed by atoms with Crippen molar-refractivity contribution in [3.05, 3.63) is 53.2 Å². The van der Waals surface area contributed by atoms with Crippen molar-refractivity contribution < 1.29 is 23.8 Å². The number of aryl methyl sites for hydroxylation is 1. The van der Waals surface area contributed by atoms with Crippen LogP contribution < -0.4 is 5.32 Å². The zero-order chi connectivity index (χ0) is 28.4. The highest BCUT2D eigenvalue weighted by Crippen LogP contribution is 2.50. The fourth-order valence-corrected chi connectivity index (χ4v) is 7.45. The minimum Gasteiger partial charge on any atom is -0.481 e. The number of carbonyl (C=O) groups is 2. The van der Waals surface area contributed by atoms with E-state index in [1.165, 1.54) is 70.5 Å². The number of carbonyl (C=O) groups excluding carboxylic acids is 1. The number of carboxylic acids is 1.